The lowest BCUT2D eigenvalue weighted by Crippen LogP contribution is -1.69. The molecule has 54 valence electrons. The Kier molecular flexibility index (Phi) is 2.93. The van der Waals surface area contributed by atoms with E-state index in [2.05, 4.69) is 0 Å². The van der Waals surface area contributed by atoms with E-state index in [4.69, 9.17) is 16.7 Å². The Hall–Kier alpha value is -0.310. The van der Waals surface area contributed by atoms with Crippen molar-refractivity contribution in [3.05, 3.63) is 27.4 Å². The first-order valence-electron chi connectivity index (χ1n) is 2.85. The summed E-state index contributed by atoms with van der Waals surface area (Å²) >= 11 is 7.31. The van der Waals surface area contributed by atoms with Crippen molar-refractivity contribution >= 4 is 29.0 Å². The van der Waals surface area contributed by atoms with Crippen LogP contribution in [-0.2, 0) is 0 Å². The number of thiophene rings is 1. The van der Waals surface area contributed by atoms with Gasteiger partial charge in [0.1, 0.15) is 0 Å². The summed E-state index contributed by atoms with van der Waals surface area (Å²) in [5, 5.41) is 11.1. The standard InChI is InChI=1S/C7H7ClOS/c8-6-3-5-10-7(6)2-1-4-9/h1-3,5,9H,4H2/b2-1+. The molecule has 0 saturated heterocycles. The maximum Gasteiger partial charge on any atom is 0.0615 e. The highest BCUT2D eigenvalue weighted by atomic mass is 35.5. The minimum Gasteiger partial charge on any atom is -0.392 e. The minimum absolute atomic E-state index is 0.0637. The van der Waals surface area contributed by atoms with E-state index < -0.39 is 0 Å². The van der Waals surface area contributed by atoms with E-state index >= 15 is 0 Å². The summed E-state index contributed by atoms with van der Waals surface area (Å²) in [5.74, 6) is 0. The Labute approximate surface area is 68.6 Å². The van der Waals surface area contributed by atoms with Crippen molar-refractivity contribution in [2.75, 3.05) is 6.61 Å². The van der Waals surface area contributed by atoms with E-state index in [1.807, 2.05) is 17.5 Å². The number of aliphatic hydroxyl groups is 1. The van der Waals surface area contributed by atoms with Crippen molar-refractivity contribution in [1.82, 2.24) is 0 Å². The van der Waals surface area contributed by atoms with Crippen LogP contribution in [0, 0.1) is 0 Å². The van der Waals surface area contributed by atoms with E-state index in [0.29, 0.717) is 0 Å². The molecule has 1 rings (SSSR count). The topological polar surface area (TPSA) is 20.2 Å². The first-order valence-corrected chi connectivity index (χ1v) is 4.10. The average molecular weight is 175 g/mol. The molecule has 0 fully saturated rings. The summed E-state index contributed by atoms with van der Waals surface area (Å²) < 4.78 is 0. The molecule has 1 aromatic rings. The molecule has 1 aromatic heterocycles. The van der Waals surface area contributed by atoms with Crippen LogP contribution in [0.1, 0.15) is 4.88 Å². The van der Waals surface area contributed by atoms with Gasteiger partial charge in [-0.2, -0.15) is 0 Å². The second-order valence-corrected chi connectivity index (χ2v) is 3.07. The van der Waals surface area contributed by atoms with E-state index in [-0.39, 0.29) is 6.61 Å². The van der Waals surface area contributed by atoms with Crippen LogP contribution in [0.15, 0.2) is 17.5 Å². The molecule has 3 heteroatoms. The van der Waals surface area contributed by atoms with Crippen LogP contribution in [0.3, 0.4) is 0 Å². The van der Waals surface area contributed by atoms with Crippen LogP contribution < -0.4 is 0 Å². The summed E-state index contributed by atoms with van der Waals surface area (Å²) in [4.78, 5) is 0.996. The second kappa shape index (κ2) is 3.76. The maximum atomic E-state index is 8.43. The molecule has 1 N–H and O–H groups in total. The van der Waals surface area contributed by atoms with Crippen molar-refractivity contribution in [3.8, 4) is 0 Å². The lowest BCUT2D eigenvalue weighted by Gasteiger charge is -1.84. The first-order chi connectivity index (χ1) is 4.84. The highest BCUT2D eigenvalue weighted by molar-refractivity contribution is 7.11. The second-order valence-electron chi connectivity index (χ2n) is 1.72. The van der Waals surface area contributed by atoms with Crippen LogP contribution >= 0.6 is 22.9 Å². The smallest absolute Gasteiger partial charge is 0.0615 e. The molecule has 1 heterocycles. The summed E-state index contributed by atoms with van der Waals surface area (Å²) in [6.07, 6.45) is 3.48. The minimum atomic E-state index is 0.0637. The monoisotopic (exact) mass is 174 g/mol. The molecule has 10 heavy (non-hydrogen) atoms. The zero-order chi connectivity index (χ0) is 7.40. The van der Waals surface area contributed by atoms with Gasteiger partial charge in [0.15, 0.2) is 0 Å². The lowest BCUT2D eigenvalue weighted by atomic mass is 10.4. The molecule has 0 aromatic carbocycles. The van der Waals surface area contributed by atoms with Gasteiger partial charge in [-0.25, -0.2) is 0 Å². The number of hydrogen-bond donors (Lipinski definition) is 1. The lowest BCUT2D eigenvalue weighted by molar-refractivity contribution is 0.343. The van der Waals surface area contributed by atoms with E-state index in [1.165, 1.54) is 0 Å². The van der Waals surface area contributed by atoms with E-state index in [0.717, 1.165) is 9.90 Å². The van der Waals surface area contributed by atoms with Gasteiger partial charge in [-0.1, -0.05) is 17.7 Å². The maximum absolute atomic E-state index is 8.43. The van der Waals surface area contributed by atoms with Crippen molar-refractivity contribution in [1.29, 1.82) is 0 Å². The normalized spacial score (nSPS) is 11.0. The fraction of sp³-hybridized carbons (Fsp3) is 0.143. The number of halogens is 1. The van der Waals surface area contributed by atoms with Crippen LogP contribution in [0.2, 0.25) is 5.02 Å². The molecule has 0 saturated carbocycles. The Morgan fingerprint density at radius 1 is 1.70 bits per heavy atom. The molecule has 0 bridgehead atoms. The van der Waals surface area contributed by atoms with Crippen LogP contribution in [0.4, 0.5) is 0 Å². The highest BCUT2D eigenvalue weighted by Crippen LogP contribution is 2.22. The molecular weight excluding hydrogens is 168 g/mol. The molecular formula is C7H7ClOS. The summed E-state index contributed by atoms with van der Waals surface area (Å²) in [6, 6.07) is 1.84. The van der Waals surface area contributed by atoms with Gasteiger partial charge in [0, 0.05) is 4.88 Å². The molecule has 0 amide bonds. The third-order valence-electron chi connectivity index (χ3n) is 1.02. The van der Waals surface area contributed by atoms with Gasteiger partial charge in [-0.3, -0.25) is 0 Å². The molecule has 0 aliphatic heterocycles. The molecule has 1 nitrogen and oxygen atoms in total. The first kappa shape index (κ1) is 7.79. The van der Waals surface area contributed by atoms with Crippen molar-refractivity contribution in [2.24, 2.45) is 0 Å². The van der Waals surface area contributed by atoms with E-state index in [9.17, 15) is 0 Å². The molecule has 0 radical (unpaired) electrons. The fourth-order valence-electron chi connectivity index (χ4n) is 0.584. The third kappa shape index (κ3) is 1.84. The van der Waals surface area contributed by atoms with Gasteiger partial charge in [0.25, 0.3) is 0 Å². The van der Waals surface area contributed by atoms with Gasteiger partial charge in [0.2, 0.25) is 0 Å². The fourth-order valence-corrected chi connectivity index (χ4v) is 1.62. The predicted molar refractivity (Wildman–Crippen MR) is 45.4 cm³/mol. The Balaban J connectivity index is 2.74. The highest BCUT2D eigenvalue weighted by Gasteiger charge is 1.94. The third-order valence-corrected chi connectivity index (χ3v) is 2.34. The van der Waals surface area contributed by atoms with Gasteiger partial charge in [-0.15, -0.1) is 11.3 Å². The average Bonchev–Trinajstić information content (AvgIpc) is 2.31. The summed E-state index contributed by atoms with van der Waals surface area (Å²) in [7, 11) is 0. The van der Waals surface area contributed by atoms with Gasteiger partial charge < -0.3 is 5.11 Å². The summed E-state index contributed by atoms with van der Waals surface area (Å²) in [6.45, 7) is 0.0637. The Bertz CT molecular complexity index is 229. The number of aliphatic hydroxyl groups excluding tert-OH is 1. The van der Waals surface area contributed by atoms with Crippen molar-refractivity contribution < 1.29 is 5.11 Å². The van der Waals surface area contributed by atoms with Crippen molar-refractivity contribution in [2.45, 2.75) is 0 Å². The Morgan fingerprint density at radius 3 is 3.00 bits per heavy atom. The molecule has 0 spiro atoms. The van der Waals surface area contributed by atoms with Gasteiger partial charge in [-0.05, 0) is 17.5 Å². The van der Waals surface area contributed by atoms with Gasteiger partial charge in [0.05, 0.1) is 11.6 Å². The summed E-state index contributed by atoms with van der Waals surface area (Å²) in [5.41, 5.74) is 0. The van der Waals surface area contributed by atoms with E-state index in [1.54, 1.807) is 17.4 Å². The van der Waals surface area contributed by atoms with Crippen LogP contribution in [0.25, 0.3) is 6.08 Å². The largest absolute Gasteiger partial charge is 0.392 e. The molecule has 0 atom stereocenters. The van der Waals surface area contributed by atoms with Crippen LogP contribution in [-0.4, -0.2) is 11.7 Å². The Morgan fingerprint density at radius 2 is 2.50 bits per heavy atom. The van der Waals surface area contributed by atoms with Crippen molar-refractivity contribution in [3.63, 3.8) is 0 Å². The van der Waals surface area contributed by atoms with Gasteiger partial charge >= 0.3 is 0 Å². The molecule has 0 aliphatic rings. The quantitative estimate of drug-likeness (QED) is 0.730. The molecule has 0 aliphatic carbocycles. The molecule has 0 unspecified atom stereocenters. The van der Waals surface area contributed by atoms with Crippen LogP contribution in [0.5, 0.6) is 0 Å². The zero-order valence-corrected chi connectivity index (χ0v) is 6.82. The number of hydrogen-bond acceptors (Lipinski definition) is 2. The number of rotatable bonds is 2. The predicted octanol–water partition coefficient (Wildman–Crippen LogP) is 2.41. The SMILES string of the molecule is OC/C=C/c1sccc1Cl. The zero-order valence-electron chi connectivity index (χ0n) is 5.25.